The van der Waals surface area contributed by atoms with Crippen LogP contribution < -0.4 is 0 Å². The Balaban J connectivity index is 3.48. The lowest BCUT2D eigenvalue weighted by Gasteiger charge is -2.13. The zero-order valence-electron chi connectivity index (χ0n) is 9.17. The number of hydrogen-bond donors (Lipinski definition) is 0. The van der Waals surface area contributed by atoms with Gasteiger partial charge in [0.15, 0.2) is 0 Å². The lowest BCUT2D eigenvalue weighted by molar-refractivity contribution is 0.863. The van der Waals surface area contributed by atoms with Crippen molar-refractivity contribution in [3.05, 3.63) is 35.4 Å². The molecule has 0 aliphatic heterocycles. The van der Waals surface area contributed by atoms with Crippen LogP contribution in [0.4, 0.5) is 5.69 Å². The first-order valence-corrected chi connectivity index (χ1v) is 4.84. The lowest BCUT2D eigenvalue weighted by Crippen LogP contribution is -1.93. The van der Waals surface area contributed by atoms with E-state index in [0.717, 1.165) is 16.8 Å². The zero-order valence-corrected chi connectivity index (χ0v) is 9.17. The van der Waals surface area contributed by atoms with Gasteiger partial charge in [0.1, 0.15) is 0 Å². The minimum atomic E-state index is 0.490. The third-order valence-corrected chi connectivity index (χ3v) is 2.44. The molecule has 0 fully saturated rings. The van der Waals surface area contributed by atoms with Gasteiger partial charge in [-0.2, -0.15) is 0 Å². The minimum absolute atomic E-state index is 0.490. The second kappa shape index (κ2) is 4.23. The summed E-state index contributed by atoms with van der Waals surface area (Å²) in [6, 6.07) is 4.23. The first-order valence-electron chi connectivity index (χ1n) is 4.84. The van der Waals surface area contributed by atoms with Gasteiger partial charge in [-0.1, -0.05) is 38.6 Å². The normalized spacial score (nSPS) is 10.3. The topological polar surface area (TPSA) is 12.4 Å². The van der Waals surface area contributed by atoms with E-state index in [9.17, 15) is 0 Å². The van der Waals surface area contributed by atoms with Crippen molar-refractivity contribution >= 4 is 18.5 Å². The second-order valence-corrected chi connectivity index (χ2v) is 3.75. The first-order chi connectivity index (χ1) is 6.61. The van der Waals surface area contributed by atoms with Crippen LogP contribution >= 0.6 is 0 Å². The van der Waals surface area contributed by atoms with Crippen LogP contribution in [-0.4, -0.2) is 6.72 Å². The van der Waals surface area contributed by atoms with E-state index in [2.05, 4.69) is 44.3 Å². The zero-order chi connectivity index (χ0) is 10.7. The molecule has 1 rings (SSSR count). The SMILES string of the molecule is C=Cc1c(C(C)C)ccc(C)c1N=C. The fourth-order valence-electron chi connectivity index (χ4n) is 1.66. The van der Waals surface area contributed by atoms with Crippen molar-refractivity contribution in [2.45, 2.75) is 26.7 Å². The molecule has 0 amide bonds. The summed E-state index contributed by atoms with van der Waals surface area (Å²) < 4.78 is 0. The smallest absolute Gasteiger partial charge is 0.0726 e. The highest BCUT2D eigenvalue weighted by Gasteiger charge is 2.09. The monoisotopic (exact) mass is 187 g/mol. The van der Waals surface area contributed by atoms with Gasteiger partial charge in [0.2, 0.25) is 0 Å². The van der Waals surface area contributed by atoms with Crippen LogP contribution in [0.1, 0.15) is 36.5 Å². The van der Waals surface area contributed by atoms with Crippen LogP contribution in [0.5, 0.6) is 0 Å². The Kier molecular flexibility index (Phi) is 3.23. The quantitative estimate of drug-likeness (QED) is 0.632. The summed E-state index contributed by atoms with van der Waals surface area (Å²) in [5.74, 6) is 0.490. The third-order valence-electron chi connectivity index (χ3n) is 2.44. The molecular weight excluding hydrogens is 170 g/mol. The summed E-state index contributed by atoms with van der Waals surface area (Å²) in [7, 11) is 0. The highest BCUT2D eigenvalue weighted by molar-refractivity contribution is 5.71. The highest BCUT2D eigenvalue weighted by atomic mass is 14.7. The van der Waals surface area contributed by atoms with Crippen LogP contribution in [0.15, 0.2) is 23.7 Å². The third kappa shape index (κ3) is 1.77. The van der Waals surface area contributed by atoms with Gasteiger partial charge in [-0.15, -0.1) is 0 Å². The average molecular weight is 187 g/mol. The predicted molar refractivity (Wildman–Crippen MR) is 64.6 cm³/mol. The average Bonchev–Trinajstić information content (AvgIpc) is 2.16. The Hall–Kier alpha value is -1.37. The molecule has 0 bridgehead atoms. The molecular formula is C13H17N. The van der Waals surface area contributed by atoms with Crippen LogP contribution in [0.25, 0.3) is 6.08 Å². The van der Waals surface area contributed by atoms with Gasteiger partial charge in [-0.25, -0.2) is 0 Å². The summed E-state index contributed by atoms with van der Waals surface area (Å²) in [5, 5.41) is 0. The van der Waals surface area contributed by atoms with Gasteiger partial charge in [0, 0.05) is 5.56 Å². The van der Waals surface area contributed by atoms with Gasteiger partial charge >= 0.3 is 0 Å². The molecule has 0 N–H and O–H groups in total. The van der Waals surface area contributed by atoms with Crippen molar-refractivity contribution < 1.29 is 0 Å². The molecule has 74 valence electrons. The number of benzene rings is 1. The number of hydrogen-bond acceptors (Lipinski definition) is 1. The Morgan fingerprint density at radius 3 is 2.43 bits per heavy atom. The highest BCUT2D eigenvalue weighted by Crippen LogP contribution is 2.31. The van der Waals surface area contributed by atoms with Gasteiger partial charge in [-0.3, -0.25) is 4.99 Å². The standard InChI is InChI=1S/C13H17N/c1-6-11-12(9(2)3)8-7-10(4)13(11)14-5/h6-9H,1,5H2,2-4H3. The number of aryl methyl sites for hydroxylation is 1. The van der Waals surface area contributed by atoms with Crippen LogP contribution in [-0.2, 0) is 0 Å². The van der Waals surface area contributed by atoms with Crippen LogP contribution in [0, 0.1) is 6.92 Å². The summed E-state index contributed by atoms with van der Waals surface area (Å²) in [6.07, 6.45) is 1.87. The molecule has 1 heteroatoms. The van der Waals surface area contributed by atoms with E-state index in [1.54, 1.807) is 0 Å². The molecule has 0 aliphatic rings. The molecule has 0 atom stereocenters. The molecule has 0 unspecified atom stereocenters. The molecule has 0 radical (unpaired) electrons. The van der Waals surface area contributed by atoms with Crippen molar-refractivity contribution in [1.29, 1.82) is 0 Å². The van der Waals surface area contributed by atoms with Gasteiger partial charge < -0.3 is 0 Å². The Morgan fingerprint density at radius 1 is 1.36 bits per heavy atom. The second-order valence-electron chi connectivity index (χ2n) is 3.75. The molecule has 1 aromatic carbocycles. The van der Waals surface area contributed by atoms with Gasteiger partial charge in [0.05, 0.1) is 5.69 Å². The predicted octanol–water partition coefficient (Wildman–Crippen LogP) is 4.09. The number of aliphatic imine (C=N–C) groups is 1. The summed E-state index contributed by atoms with van der Waals surface area (Å²) in [5.41, 5.74) is 4.52. The number of rotatable bonds is 3. The van der Waals surface area contributed by atoms with Crippen molar-refractivity contribution in [2.75, 3.05) is 0 Å². The van der Waals surface area contributed by atoms with E-state index >= 15 is 0 Å². The maximum atomic E-state index is 4.06. The molecule has 0 aromatic heterocycles. The number of nitrogens with zero attached hydrogens (tertiary/aromatic N) is 1. The van der Waals surface area contributed by atoms with E-state index in [0.29, 0.717) is 5.92 Å². The van der Waals surface area contributed by atoms with E-state index in [1.807, 2.05) is 13.0 Å². The van der Waals surface area contributed by atoms with Crippen molar-refractivity contribution in [3.63, 3.8) is 0 Å². The maximum Gasteiger partial charge on any atom is 0.0726 e. The molecule has 14 heavy (non-hydrogen) atoms. The molecule has 0 saturated carbocycles. The fourth-order valence-corrected chi connectivity index (χ4v) is 1.66. The molecule has 1 nitrogen and oxygen atoms in total. The minimum Gasteiger partial charge on any atom is -0.264 e. The Morgan fingerprint density at radius 2 is 2.00 bits per heavy atom. The maximum absolute atomic E-state index is 4.06. The molecule has 1 aromatic rings. The van der Waals surface area contributed by atoms with Crippen molar-refractivity contribution in [2.24, 2.45) is 4.99 Å². The summed E-state index contributed by atoms with van der Waals surface area (Å²) in [4.78, 5) is 4.06. The van der Waals surface area contributed by atoms with Crippen LogP contribution in [0.2, 0.25) is 0 Å². The molecule has 0 spiro atoms. The summed E-state index contributed by atoms with van der Waals surface area (Å²) in [6.45, 7) is 13.8. The first kappa shape index (κ1) is 10.7. The molecule has 0 aliphatic carbocycles. The Bertz CT molecular complexity index is 362. The Labute approximate surface area is 86.2 Å². The van der Waals surface area contributed by atoms with Gasteiger partial charge in [0.25, 0.3) is 0 Å². The molecule has 0 saturated heterocycles. The van der Waals surface area contributed by atoms with Gasteiger partial charge in [-0.05, 0) is 30.7 Å². The van der Waals surface area contributed by atoms with E-state index < -0.39 is 0 Å². The largest absolute Gasteiger partial charge is 0.264 e. The van der Waals surface area contributed by atoms with Crippen molar-refractivity contribution in [1.82, 2.24) is 0 Å². The van der Waals surface area contributed by atoms with E-state index in [1.165, 1.54) is 5.56 Å². The fraction of sp³-hybridized carbons (Fsp3) is 0.308. The van der Waals surface area contributed by atoms with Crippen molar-refractivity contribution in [3.8, 4) is 0 Å². The molecule has 0 heterocycles. The lowest BCUT2D eigenvalue weighted by atomic mass is 9.94. The summed E-state index contributed by atoms with van der Waals surface area (Å²) >= 11 is 0. The van der Waals surface area contributed by atoms with Crippen LogP contribution in [0.3, 0.4) is 0 Å². The van der Waals surface area contributed by atoms with E-state index in [-0.39, 0.29) is 0 Å². The van der Waals surface area contributed by atoms with E-state index in [4.69, 9.17) is 0 Å².